The molecule has 0 aromatic heterocycles. The van der Waals surface area contributed by atoms with Gasteiger partial charge in [0.15, 0.2) is 6.79 Å². The zero-order chi connectivity index (χ0) is 9.68. The van der Waals surface area contributed by atoms with Crippen LogP contribution in [0.3, 0.4) is 0 Å². The highest BCUT2D eigenvalue weighted by Crippen LogP contribution is 2.26. The van der Waals surface area contributed by atoms with Gasteiger partial charge in [-0.2, -0.15) is 0 Å². The number of hydrogen-bond acceptors (Lipinski definition) is 2. The fourth-order valence-electron chi connectivity index (χ4n) is 0.867. The van der Waals surface area contributed by atoms with Crippen LogP contribution >= 0.6 is 31.9 Å². The Labute approximate surface area is 94.5 Å². The Morgan fingerprint density at radius 2 is 2.15 bits per heavy atom. The predicted molar refractivity (Wildman–Crippen MR) is 59.3 cm³/mol. The SMILES string of the molecule is COCOc1ccc(CBr)cc1Br. The number of hydrogen-bond donors (Lipinski definition) is 0. The average molecular weight is 310 g/mol. The van der Waals surface area contributed by atoms with E-state index in [4.69, 9.17) is 9.47 Å². The lowest BCUT2D eigenvalue weighted by molar-refractivity contribution is 0.0506. The van der Waals surface area contributed by atoms with Crippen LogP contribution in [0.2, 0.25) is 0 Å². The molecule has 72 valence electrons. The second kappa shape index (κ2) is 5.62. The first-order valence-corrected chi connectivity index (χ1v) is 5.65. The third-order valence-corrected chi connectivity index (χ3v) is 2.75. The van der Waals surface area contributed by atoms with E-state index in [0.29, 0.717) is 0 Å². The largest absolute Gasteiger partial charge is 0.466 e. The van der Waals surface area contributed by atoms with Crippen molar-refractivity contribution in [2.45, 2.75) is 5.33 Å². The fourth-order valence-corrected chi connectivity index (χ4v) is 1.76. The molecule has 0 bridgehead atoms. The molecule has 4 heteroatoms. The molecule has 0 atom stereocenters. The summed E-state index contributed by atoms with van der Waals surface area (Å²) >= 11 is 6.80. The van der Waals surface area contributed by atoms with Gasteiger partial charge in [-0.1, -0.05) is 22.0 Å². The molecule has 0 amide bonds. The summed E-state index contributed by atoms with van der Waals surface area (Å²) in [5, 5.41) is 0.843. The van der Waals surface area contributed by atoms with Crippen LogP contribution < -0.4 is 4.74 Å². The van der Waals surface area contributed by atoms with E-state index < -0.39 is 0 Å². The van der Waals surface area contributed by atoms with E-state index >= 15 is 0 Å². The molecule has 0 N–H and O–H groups in total. The number of alkyl halides is 1. The van der Waals surface area contributed by atoms with Crippen molar-refractivity contribution in [1.29, 1.82) is 0 Å². The van der Waals surface area contributed by atoms with Crippen molar-refractivity contribution in [3.05, 3.63) is 28.2 Å². The molecule has 1 aromatic carbocycles. The smallest absolute Gasteiger partial charge is 0.188 e. The van der Waals surface area contributed by atoms with Crippen LogP contribution in [0.1, 0.15) is 5.56 Å². The van der Waals surface area contributed by atoms with E-state index in [9.17, 15) is 0 Å². The summed E-state index contributed by atoms with van der Waals surface area (Å²) in [6.45, 7) is 0.270. The highest BCUT2D eigenvalue weighted by Gasteiger charge is 2.01. The molecule has 1 aromatic rings. The van der Waals surface area contributed by atoms with Gasteiger partial charge < -0.3 is 9.47 Å². The van der Waals surface area contributed by atoms with Gasteiger partial charge in [-0.15, -0.1) is 0 Å². The lowest BCUT2D eigenvalue weighted by Gasteiger charge is -2.07. The topological polar surface area (TPSA) is 18.5 Å². The minimum Gasteiger partial charge on any atom is -0.466 e. The van der Waals surface area contributed by atoms with Crippen LogP contribution in [-0.4, -0.2) is 13.9 Å². The summed E-state index contributed by atoms with van der Waals surface area (Å²) in [4.78, 5) is 0. The zero-order valence-electron chi connectivity index (χ0n) is 7.22. The maximum atomic E-state index is 5.30. The number of rotatable bonds is 4. The van der Waals surface area contributed by atoms with Gasteiger partial charge in [0, 0.05) is 12.4 Å². The summed E-state index contributed by atoms with van der Waals surface area (Å²) in [7, 11) is 1.60. The number of benzene rings is 1. The maximum absolute atomic E-state index is 5.30. The minimum atomic E-state index is 0.270. The van der Waals surface area contributed by atoms with Gasteiger partial charge in [0.1, 0.15) is 5.75 Å². The molecule has 0 aliphatic rings. The van der Waals surface area contributed by atoms with Crippen LogP contribution in [0.25, 0.3) is 0 Å². The summed E-state index contributed by atoms with van der Waals surface area (Å²) < 4.78 is 11.1. The monoisotopic (exact) mass is 308 g/mol. The molecule has 0 aliphatic heterocycles. The average Bonchev–Trinajstić information content (AvgIpc) is 2.16. The van der Waals surface area contributed by atoms with Crippen LogP contribution in [0, 0.1) is 0 Å². The Morgan fingerprint density at radius 3 is 2.69 bits per heavy atom. The predicted octanol–water partition coefficient (Wildman–Crippen LogP) is 3.33. The number of ether oxygens (including phenoxy) is 2. The molecular formula is C9H10Br2O2. The summed E-state index contributed by atoms with van der Waals surface area (Å²) in [5.41, 5.74) is 1.21. The quantitative estimate of drug-likeness (QED) is 0.627. The number of halogens is 2. The van der Waals surface area contributed by atoms with Crippen molar-refractivity contribution < 1.29 is 9.47 Å². The Hall–Kier alpha value is -0.0600. The fraction of sp³-hybridized carbons (Fsp3) is 0.333. The normalized spacial score (nSPS) is 10.1. The van der Waals surface area contributed by atoms with Gasteiger partial charge in [0.05, 0.1) is 4.47 Å². The summed E-state index contributed by atoms with van der Waals surface area (Å²) in [6.07, 6.45) is 0. The van der Waals surface area contributed by atoms with Crippen LogP contribution in [0.5, 0.6) is 5.75 Å². The molecule has 0 spiro atoms. The van der Waals surface area contributed by atoms with E-state index in [1.807, 2.05) is 18.2 Å². The molecule has 0 radical (unpaired) electrons. The lowest BCUT2D eigenvalue weighted by Crippen LogP contribution is -1.99. The second-order valence-corrected chi connectivity index (χ2v) is 3.86. The molecule has 13 heavy (non-hydrogen) atoms. The van der Waals surface area contributed by atoms with Gasteiger partial charge in [-0.25, -0.2) is 0 Å². The Bertz CT molecular complexity index is 276. The van der Waals surface area contributed by atoms with Crippen molar-refractivity contribution in [2.75, 3.05) is 13.9 Å². The first-order valence-electron chi connectivity index (χ1n) is 3.74. The third-order valence-electron chi connectivity index (χ3n) is 1.48. The van der Waals surface area contributed by atoms with E-state index in [1.54, 1.807) is 7.11 Å². The van der Waals surface area contributed by atoms with E-state index in [0.717, 1.165) is 15.6 Å². The third kappa shape index (κ3) is 3.29. The van der Waals surface area contributed by atoms with Crippen molar-refractivity contribution in [1.82, 2.24) is 0 Å². The van der Waals surface area contributed by atoms with Gasteiger partial charge in [0.25, 0.3) is 0 Å². The lowest BCUT2D eigenvalue weighted by atomic mass is 10.2. The molecule has 0 saturated carbocycles. The number of methoxy groups -OCH3 is 1. The second-order valence-electron chi connectivity index (χ2n) is 2.45. The molecule has 1 rings (SSSR count). The standard InChI is InChI=1S/C9H10Br2O2/c1-12-6-13-9-3-2-7(5-10)4-8(9)11/h2-4H,5-6H2,1H3. The van der Waals surface area contributed by atoms with Crippen LogP contribution in [0.4, 0.5) is 0 Å². The van der Waals surface area contributed by atoms with Gasteiger partial charge in [-0.3, -0.25) is 0 Å². The summed E-state index contributed by atoms with van der Waals surface area (Å²) in [5.74, 6) is 0.798. The Kier molecular flexibility index (Phi) is 4.77. The molecule has 0 aliphatic carbocycles. The van der Waals surface area contributed by atoms with E-state index in [2.05, 4.69) is 31.9 Å². The highest BCUT2D eigenvalue weighted by molar-refractivity contribution is 9.10. The van der Waals surface area contributed by atoms with E-state index in [1.165, 1.54) is 5.56 Å². The van der Waals surface area contributed by atoms with Crippen molar-refractivity contribution in [3.8, 4) is 5.75 Å². The Morgan fingerprint density at radius 1 is 1.38 bits per heavy atom. The minimum absolute atomic E-state index is 0.270. The van der Waals surface area contributed by atoms with Crippen molar-refractivity contribution >= 4 is 31.9 Å². The van der Waals surface area contributed by atoms with Gasteiger partial charge in [0.2, 0.25) is 0 Å². The highest BCUT2D eigenvalue weighted by atomic mass is 79.9. The molecule has 0 saturated heterocycles. The molecule has 0 heterocycles. The van der Waals surface area contributed by atoms with Gasteiger partial charge in [-0.05, 0) is 33.6 Å². The van der Waals surface area contributed by atoms with Crippen molar-refractivity contribution in [3.63, 3.8) is 0 Å². The van der Waals surface area contributed by atoms with Crippen molar-refractivity contribution in [2.24, 2.45) is 0 Å². The maximum Gasteiger partial charge on any atom is 0.188 e. The van der Waals surface area contributed by atoms with Crippen LogP contribution in [-0.2, 0) is 10.1 Å². The molecular weight excluding hydrogens is 300 g/mol. The molecule has 2 nitrogen and oxygen atoms in total. The molecule has 0 unspecified atom stereocenters. The van der Waals surface area contributed by atoms with Crippen LogP contribution in [0.15, 0.2) is 22.7 Å². The summed E-state index contributed by atoms with van der Waals surface area (Å²) in [6, 6.07) is 5.93. The zero-order valence-corrected chi connectivity index (χ0v) is 10.4. The van der Waals surface area contributed by atoms with Gasteiger partial charge >= 0.3 is 0 Å². The first kappa shape index (κ1) is 11.0. The van der Waals surface area contributed by atoms with E-state index in [-0.39, 0.29) is 6.79 Å². The Balaban J connectivity index is 2.73. The first-order chi connectivity index (χ1) is 6.27. The molecule has 0 fully saturated rings.